The van der Waals surface area contributed by atoms with Gasteiger partial charge in [0.1, 0.15) is 5.01 Å². The summed E-state index contributed by atoms with van der Waals surface area (Å²) in [4.78, 5) is 8.67. The van der Waals surface area contributed by atoms with Crippen molar-refractivity contribution in [3.8, 4) is 0 Å². The molecule has 0 bridgehead atoms. The van der Waals surface area contributed by atoms with Gasteiger partial charge >= 0.3 is 0 Å². The zero-order valence-electron chi connectivity index (χ0n) is 9.24. The molecular formula is C11H15N3S. The fourth-order valence-electron chi connectivity index (χ4n) is 1.56. The average Bonchev–Trinajstić information content (AvgIpc) is 2.61. The molecule has 0 fully saturated rings. The minimum Gasteiger partial charge on any atom is -0.306 e. The number of hydrogen-bond donors (Lipinski definition) is 1. The molecule has 0 atom stereocenters. The molecule has 0 saturated heterocycles. The summed E-state index contributed by atoms with van der Waals surface area (Å²) >= 11 is 1.73. The summed E-state index contributed by atoms with van der Waals surface area (Å²) in [5, 5.41) is 4.54. The Morgan fingerprint density at radius 1 is 1.47 bits per heavy atom. The minimum atomic E-state index is -0.0571. The predicted octanol–water partition coefficient (Wildman–Crippen LogP) is 2.54. The van der Waals surface area contributed by atoms with Crippen LogP contribution in [0.1, 0.15) is 25.8 Å². The van der Waals surface area contributed by atoms with Crippen LogP contribution in [0.15, 0.2) is 18.5 Å². The molecule has 80 valence electrons. The van der Waals surface area contributed by atoms with Crippen LogP contribution in [0.2, 0.25) is 0 Å². The van der Waals surface area contributed by atoms with Gasteiger partial charge in [0, 0.05) is 6.20 Å². The zero-order valence-corrected chi connectivity index (χ0v) is 10.1. The summed E-state index contributed by atoms with van der Waals surface area (Å²) in [6, 6.07) is 2.01. The lowest BCUT2D eigenvalue weighted by Crippen LogP contribution is -2.36. The Hall–Kier alpha value is -1.00. The number of fused-ring (bicyclic) bond motifs is 1. The molecule has 2 aromatic rings. The van der Waals surface area contributed by atoms with Gasteiger partial charge < -0.3 is 5.32 Å². The van der Waals surface area contributed by atoms with E-state index in [0.717, 1.165) is 17.1 Å². The molecule has 2 rings (SSSR count). The van der Waals surface area contributed by atoms with Gasteiger partial charge in [-0.2, -0.15) is 0 Å². The first-order chi connectivity index (χ1) is 7.13. The van der Waals surface area contributed by atoms with Gasteiger partial charge in [0.15, 0.2) is 0 Å². The van der Waals surface area contributed by atoms with Crippen LogP contribution in [0, 0.1) is 0 Å². The van der Waals surface area contributed by atoms with Gasteiger partial charge in [-0.25, -0.2) is 4.98 Å². The number of pyridine rings is 1. The van der Waals surface area contributed by atoms with E-state index >= 15 is 0 Å². The first kappa shape index (κ1) is 10.5. The van der Waals surface area contributed by atoms with Crippen molar-refractivity contribution in [1.82, 2.24) is 15.3 Å². The van der Waals surface area contributed by atoms with Gasteiger partial charge in [-0.1, -0.05) is 6.92 Å². The maximum atomic E-state index is 4.60. The highest BCUT2D eigenvalue weighted by molar-refractivity contribution is 7.18. The Balaban J connectivity index is 2.44. The normalized spacial score (nSPS) is 12.2. The quantitative estimate of drug-likeness (QED) is 0.865. The van der Waals surface area contributed by atoms with Crippen LogP contribution < -0.4 is 5.32 Å². The molecule has 0 amide bonds. The highest BCUT2D eigenvalue weighted by Crippen LogP contribution is 2.28. The fourth-order valence-corrected chi connectivity index (χ4v) is 2.58. The number of nitrogens with one attached hydrogen (secondary N) is 1. The van der Waals surface area contributed by atoms with Crippen LogP contribution in [0.5, 0.6) is 0 Å². The highest BCUT2D eigenvalue weighted by atomic mass is 32.1. The third-order valence-electron chi connectivity index (χ3n) is 2.34. The van der Waals surface area contributed by atoms with Crippen molar-refractivity contribution < 1.29 is 0 Å². The maximum Gasteiger partial charge on any atom is 0.113 e. The molecule has 0 saturated carbocycles. The molecule has 0 radical (unpaired) electrons. The number of nitrogens with zero attached hydrogens (tertiary/aromatic N) is 2. The lowest BCUT2D eigenvalue weighted by molar-refractivity contribution is 0.414. The third kappa shape index (κ3) is 2.01. The number of aromatic nitrogens is 2. The predicted molar refractivity (Wildman–Crippen MR) is 64.1 cm³/mol. The van der Waals surface area contributed by atoms with Crippen LogP contribution in [0.4, 0.5) is 0 Å². The molecular weight excluding hydrogens is 206 g/mol. The first-order valence-corrected chi connectivity index (χ1v) is 5.91. The van der Waals surface area contributed by atoms with Gasteiger partial charge in [0.25, 0.3) is 0 Å². The SMILES string of the molecule is CCNC(C)(C)c1nc2cnccc2s1. The van der Waals surface area contributed by atoms with E-state index < -0.39 is 0 Å². The molecule has 4 heteroatoms. The van der Waals surface area contributed by atoms with Crippen molar-refractivity contribution in [2.75, 3.05) is 6.54 Å². The molecule has 0 spiro atoms. The van der Waals surface area contributed by atoms with Crippen LogP contribution in [-0.2, 0) is 5.54 Å². The molecule has 15 heavy (non-hydrogen) atoms. The summed E-state index contributed by atoms with van der Waals surface area (Å²) in [5.41, 5.74) is 0.932. The molecule has 0 unspecified atom stereocenters. The van der Waals surface area contributed by atoms with Crippen molar-refractivity contribution in [1.29, 1.82) is 0 Å². The second-order valence-electron chi connectivity index (χ2n) is 4.02. The van der Waals surface area contributed by atoms with Gasteiger partial charge in [-0.05, 0) is 26.5 Å². The molecule has 3 nitrogen and oxygen atoms in total. The van der Waals surface area contributed by atoms with Crippen LogP contribution in [0.25, 0.3) is 10.2 Å². The Morgan fingerprint density at radius 3 is 2.93 bits per heavy atom. The second kappa shape index (κ2) is 3.87. The summed E-state index contributed by atoms with van der Waals surface area (Å²) in [5.74, 6) is 0. The lowest BCUT2D eigenvalue weighted by atomic mass is 10.1. The fraction of sp³-hybridized carbons (Fsp3) is 0.455. The average molecular weight is 221 g/mol. The second-order valence-corrected chi connectivity index (χ2v) is 5.05. The van der Waals surface area contributed by atoms with Crippen LogP contribution in [-0.4, -0.2) is 16.5 Å². The first-order valence-electron chi connectivity index (χ1n) is 5.09. The van der Waals surface area contributed by atoms with Gasteiger partial charge in [0.2, 0.25) is 0 Å². The lowest BCUT2D eigenvalue weighted by Gasteiger charge is -2.22. The Kier molecular flexibility index (Phi) is 2.71. The Bertz CT molecular complexity index is 429. The van der Waals surface area contributed by atoms with E-state index in [2.05, 4.69) is 36.1 Å². The molecule has 2 aromatic heterocycles. The highest BCUT2D eigenvalue weighted by Gasteiger charge is 2.23. The molecule has 0 aliphatic heterocycles. The molecule has 0 aromatic carbocycles. The van der Waals surface area contributed by atoms with Gasteiger partial charge in [-0.3, -0.25) is 4.98 Å². The van der Waals surface area contributed by atoms with Gasteiger partial charge in [0.05, 0.1) is 22.0 Å². The Labute approximate surface area is 93.6 Å². The van der Waals surface area contributed by atoms with E-state index in [-0.39, 0.29) is 5.54 Å². The zero-order chi connectivity index (χ0) is 10.9. The number of hydrogen-bond acceptors (Lipinski definition) is 4. The smallest absolute Gasteiger partial charge is 0.113 e. The van der Waals surface area contributed by atoms with E-state index in [1.54, 1.807) is 11.3 Å². The third-order valence-corrected chi connectivity index (χ3v) is 3.70. The van der Waals surface area contributed by atoms with E-state index in [4.69, 9.17) is 0 Å². The van der Waals surface area contributed by atoms with Gasteiger partial charge in [-0.15, -0.1) is 11.3 Å². The minimum absolute atomic E-state index is 0.0571. The molecule has 0 aliphatic rings. The van der Waals surface area contributed by atoms with Crippen molar-refractivity contribution in [3.63, 3.8) is 0 Å². The monoisotopic (exact) mass is 221 g/mol. The van der Waals surface area contributed by atoms with E-state index in [1.807, 2.05) is 18.5 Å². The molecule has 0 aliphatic carbocycles. The van der Waals surface area contributed by atoms with Crippen LogP contribution >= 0.6 is 11.3 Å². The largest absolute Gasteiger partial charge is 0.306 e. The summed E-state index contributed by atoms with van der Waals surface area (Å²) < 4.78 is 1.20. The summed E-state index contributed by atoms with van der Waals surface area (Å²) in [6.07, 6.45) is 3.63. The standard InChI is InChI=1S/C11H15N3S/c1-4-13-11(2,3)10-14-8-7-12-6-5-9(8)15-10/h5-7,13H,4H2,1-3H3. The van der Waals surface area contributed by atoms with E-state index in [1.165, 1.54) is 4.70 Å². The topological polar surface area (TPSA) is 37.8 Å². The van der Waals surface area contributed by atoms with Crippen molar-refractivity contribution in [2.45, 2.75) is 26.3 Å². The van der Waals surface area contributed by atoms with Crippen LogP contribution in [0.3, 0.4) is 0 Å². The molecule has 2 heterocycles. The summed E-state index contributed by atoms with van der Waals surface area (Å²) in [6.45, 7) is 7.36. The summed E-state index contributed by atoms with van der Waals surface area (Å²) in [7, 11) is 0. The van der Waals surface area contributed by atoms with Crippen molar-refractivity contribution in [2.24, 2.45) is 0 Å². The Morgan fingerprint density at radius 2 is 2.27 bits per heavy atom. The number of rotatable bonds is 3. The van der Waals surface area contributed by atoms with Crippen molar-refractivity contribution >= 4 is 21.6 Å². The van der Waals surface area contributed by atoms with E-state index in [0.29, 0.717) is 0 Å². The maximum absolute atomic E-state index is 4.60. The molecule has 1 N–H and O–H groups in total. The number of thiazole rings is 1. The van der Waals surface area contributed by atoms with Crippen molar-refractivity contribution in [3.05, 3.63) is 23.5 Å². The van der Waals surface area contributed by atoms with E-state index in [9.17, 15) is 0 Å².